The van der Waals surface area contributed by atoms with E-state index >= 15 is 0 Å². The molecule has 0 heterocycles. The Morgan fingerprint density at radius 3 is 1.74 bits per heavy atom. The van der Waals surface area contributed by atoms with Gasteiger partial charge in [-0.1, -0.05) is 91.0 Å². The number of ketones is 1. The molecule has 3 aromatic rings. The molecule has 0 unspecified atom stereocenters. The predicted molar refractivity (Wildman–Crippen MR) is 132 cm³/mol. The van der Waals surface area contributed by atoms with Gasteiger partial charge in [-0.2, -0.15) is 0 Å². The molecule has 0 radical (unpaired) electrons. The van der Waals surface area contributed by atoms with Crippen molar-refractivity contribution >= 4 is 17.6 Å². The van der Waals surface area contributed by atoms with Crippen LogP contribution in [0.1, 0.15) is 48.8 Å². The first-order valence-electron chi connectivity index (χ1n) is 11.8. The Kier molecular flexibility index (Phi) is 7.21. The van der Waals surface area contributed by atoms with Gasteiger partial charge in [0.15, 0.2) is 0 Å². The van der Waals surface area contributed by atoms with Crippen LogP contribution in [-0.2, 0) is 19.8 Å². The van der Waals surface area contributed by atoms with Crippen LogP contribution in [0, 0.1) is 5.92 Å². The second-order valence-corrected chi connectivity index (χ2v) is 9.02. The highest BCUT2D eigenvalue weighted by Gasteiger charge is 2.40. The monoisotopic (exact) mass is 454 g/mol. The molecule has 3 aromatic carbocycles. The third-order valence-electron chi connectivity index (χ3n) is 6.84. The van der Waals surface area contributed by atoms with Gasteiger partial charge < -0.3 is 11.1 Å². The van der Waals surface area contributed by atoms with E-state index in [1.54, 1.807) is 0 Å². The van der Waals surface area contributed by atoms with E-state index in [1.165, 1.54) is 0 Å². The van der Waals surface area contributed by atoms with Gasteiger partial charge in [0, 0.05) is 19.3 Å². The van der Waals surface area contributed by atoms with Crippen LogP contribution in [0.25, 0.3) is 0 Å². The summed E-state index contributed by atoms with van der Waals surface area (Å²) in [5.74, 6) is -1.03. The zero-order chi connectivity index (χ0) is 24.0. The SMILES string of the molecule is NC(=O)[C@@H](NC(=O)CC(c1ccccc1)(c1ccccc1)c1ccccc1)[C@H]1CCCC(=O)C1. The Bertz CT molecular complexity index is 1030. The molecule has 2 amide bonds. The van der Waals surface area contributed by atoms with Crippen LogP contribution in [0.4, 0.5) is 0 Å². The zero-order valence-corrected chi connectivity index (χ0v) is 19.2. The summed E-state index contributed by atoms with van der Waals surface area (Å²) in [5, 5.41) is 2.91. The average molecular weight is 455 g/mol. The van der Waals surface area contributed by atoms with Gasteiger partial charge in [-0.05, 0) is 35.4 Å². The second-order valence-electron chi connectivity index (χ2n) is 9.02. The Morgan fingerprint density at radius 1 is 0.853 bits per heavy atom. The van der Waals surface area contributed by atoms with Crippen molar-refractivity contribution in [2.45, 2.75) is 43.6 Å². The summed E-state index contributed by atoms with van der Waals surface area (Å²) in [5.41, 5.74) is 7.86. The van der Waals surface area contributed by atoms with Gasteiger partial charge in [-0.3, -0.25) is 14.4 Å². The number of rotatable bonds is 8. The summed E-state index contributed by atoms with van der Waals surface area (Å²) >= 11 is 0. The van der Waals surface area contributed by atoms with E-state index in [0.29, 0.717) is 19.3 Å². The maximum atomic E-state index is 13.6. The minimum atomic E-state index is -0.864. The van der Waals surface area contributed by atoms with Gasteiger partial charge >= 0.3 is 0 Å². The molecule has 3 N–H and O–H groups in total. The summed E-state index contributed by atoms with van der Waals surface area (Å²) in [6.07, 6.45) is 2.30. The number of amides is 2. The second kappa shape index (κ2) is 10.5. The molecule has 0 aromatic heterocycles. The highest BCUT2D eigenvalue weighted by Crippen LogP contribution is 2.42. The van der Waals surface area contributed by atoms with E-state index in [-0.39, 0.29) is 30.4 Å². The summed E-state index contributed by atoms with van der Waals surface area (Å²) in [6.45, 7) is 0. The summed E-state index contributed by atoms with van der Waals surface area (Å²) < 4.78 is 0. The minimum absolute atomic E-state index is 0.0927. The van der Waals surface area contributed by atoms with E-state index in [1.807, 2.05) is 91.0 Å². The highest BCUT2D eigenvalue weighted by atomic mass is 16.2. The molecule has 174 valence electrons. The van der Waals surface area contributed by atoms with E-state index < -0.39 is 17.4 Å². The van der Waals surface area contributed by atoms with Gasteiger partial charge in [0.1, 0.15) is 11.8 Å². The molecule has 1 aliphatic rings. The first-order valence-corrected chi connectivity index (χ1v) is 11.8. The van der Waals surface area contributed by atoms with Crippen molar-refractivity contribution in [2.24, 2.45) is 11.7 Å². The maximum absolute atomic E-state index is 13.6. The fourth-order valence-corrected chi connectivity index (χ4v) is 5.20. The lowest BCUT2D eigenvalue weighted by Crippen LogP contribution is -2.51. The molecular formula is C29H30N2O3. The molecule has 0 spiro atoms. The Hall–Kier alpha value is -3.73. The van der Waals surface area contributed by atoms with Crippen LogP contribution in [0.15, 0.2) is 91.0 Å². The van der Waals surface area contributed by atoms with Crippen LogP contribution in [0.3, 0.4) is 0 Å². The maximum Gasteiger partial charge on any atom is 0.240 e. The molecule has 1 aliphatic carbocycles. The topological polar surface area (TPSA) is 89.3 Å². The van der Waals surface area contributed by atoms with Crippen molar-refractivity contribution in [1.82, 2.24) is 5.32 Å². The standard InChI is InChI=1S/C29H30N2O3/c30-28(34)27(21-11-10-18-25(32)19-21)31-26(33)20-29(22-12-4-1-5-13-22,23-14-6-2-7-15-23)24-16-8-3-9-17-24/h1-9,12-17,21,27H,10-11,18-20H2,(H2,30,34)(H,31,33)/t21-,27-/m0/s1. The molecule has 34 heavy (non-hydrogen) atoms. The largest absolute Gasteiger partial charge is 0.368 e. The molecule has 1 fully saturated rings. The fraction of sp³-hybridized carbons (Fsp3) is 0.276. The van der Waals surface area contributed by atoms with Crippen LogP contribution in [-0.4, -0.2) is 23.6 Å². The first kappa shape index (κ1) is 23.4. The molecular weight excluding hydrogens is 424 g/mol. The van der Waals surface area contributed by atoms with Crippen molar-refractivity contribution in [1.29, 1.82) is 0 Å². The minimum Gasteiger partial charge on any atom is -0.368 e. The molecule has 2 atom stereocenters. The van der Waals surface area contributed by atoms with Crippen molar-refractivity contribution in [2.75, 3.05) is 0 Å². The van der Waals surface area contributed by atoms with E-state index in [4.69, 9.17) is 5.73 Å². The van der Waals surface area contributed by atoms with Crippen LogP contribution in [0.2, 0.25) is 0 Å². The number of nitrogens with one attached hydrogen (secondary N) is 1. The van der Waals surface area contributed by atoms with Gasteiger partial charge in [-0.15, -0.1) is 0 Å². The third kappa shape index (κ3) is 4.93. The smallest absolute Gasteiger partial charge is 0.240 e. The lowest BCUT2D eigenvalue weighted by atomic mass is 9.67. The van der Waals surface area contributed by atoms with Crippen LogP contribution >= 0.6 is 0 Å². The van der Waals surface area contributed by atoms with Crippen LogP contribution < -0.4 is 11.1 Å². The first-order chi connectivity index (χ1) is 16.5. The predicted octanol–water partition coefficient (Wildman–Crippen LogP) is 4.14. The van der Waals surface area contributed by atoms with Crippen molar-refractivity contribution in [3.8, 4) is 0 Å². The Labute approximate surface area is 200 Å². The zero-order valence-electron chi connectivity index (χ0n) is 19.2. The Balaban J connectivity index is 1.74. The van der Waals surface area contributed by atoms with Crippen molar-refractivity contribution < 1.29 is 14.4 Å². The third-order valence-corrected chi connectivity index (χ3v) is 6.84. The van der Waals surface area contributed by atoms with Gasteiger partial charge in [0.2, 0.25) is 11.8 Å². The highest BCUT2D eigenvalue weighted by molar-refractivity contribution is 5.89. The van der Waals surface area contributed by atoms with E-state index in [9.17, 15) is 14.4 Å². The molecule has 0 aliphatic heterocycles. The molecule has 4 rings (SSSR count). The lowest BCUT2D eigenvalue weighted by molar-refractivity contribution is -0.131. The molecule has 5 nitrogen and oxygen atoms in total. The van der Waals surface area contributed by atoms with Gasteiger partial charge in [0.25, 0.3) is 0 Å². The molecule has 0 bridgehead atoms. The Morgan fingerprint density at radius 2 is 1.32 bits per heavy atom. The number of benzene rings is 3. The number of hydrogen-bond acceptors (Lipinski definition) is 3. The van der Waals surface area contributed by atoms with Crippen molar-refractivity contribution in [3.63, 3.8) is 0 Å². The van der Waals surface area contributed by atoms with Gasteiger partial charge in [0.05, 0.1) is 5.41 Å². The number of carbonyl (C=O) groups excluding carboxylic acids is 3. The number of nitrogens with two attached hydrogens (primary N) is 1. The van der Waals surface area contributed by atoms with Gasteiger partial charge in [-0.25, -0.2) is 0 Å². The van der Waals surface area contributed by atoms with E-state index in [0.717, 1.165) is 16.7 Å². The summed E-state index contributed by atoms with van der Waals surface area (Å²) in [6, 6.07) is 28.9. The van der Waals surface area contributed by atoms with Crippen LogP contribution in [0.5, 0.6) is 0 Å². The van der Waals surface area contributed by atoms with E-state index in [2.05, 4.69) is 5.32 Å². The summed E-state index contributed by atoms with van der Waals surface area (Å²) in [7, 11) is 0. The fourth-order valence-electron chi connectivity index (χ4n) is 5.20. The molecule has 1 saturated carbocycles. The quantitative estimate of drug-likeness (QED) is 0.501. The van der Waals surface area contributed by atoms with Crippen molar-refractivity contribution in [3.05, 3.63) is 108 Å². The normalized spacial score (nSPS) is 17.1. The number of Topliss-reactive ketones (excluding diaryl/α,β-unsaturated/α-hetero) is 1. The number of hydrogen-bond donors (Lipinski definition) is 2. The number of carbonyl (C=O) groups is 3. The lowest BCUT2D eigenvalue weighted by Gasteiger charge is -2.36. The average Bonchev–Trinajstić information content (AvgIpc) is 2.87. The molecule has 0 saturated heterocycles. The number of primary amides is 1. The summed E-state index contributed by atoms with van der Waals surface area (Å²) in [4.78, 5) is 37.9. The molecule has 5 heteroatoms.